The highest BCUT2D eigenvalue weighted by Crippen LogP contribution is 2.35. The van der Waals surface area contributed by atoms with Gasteiger partial charge in [-0.3, -0.25) is 9.78 Å². The summed E-state index contributed by atoms with van der Waals surface area (Å²) in [7, 11) is 0. The lowest BCUT2D eigenvalue weighted by molar-refractivity contribution is -0.133. The molecular formula is C26H28N4O. The van der Waals surface area contributed by atoms with E-state index in [2.05, 4.69) is 57.7 Å². The van der Waals surface area contributed by atoms with Gasteiger partial charge in [0.2, 0.25) is 5.91 Å². The zero-order valence-electron chi connectivity index (χ0n) is 17.8. The molecule has 2 fully saturated rings. The zero-order chi connectivity index (χ0) is 21.2. The second kappa shape index (κ2) is 8.55. The van der Waals surface area contributed by atoms with Crippen molar-refractivity contribution < 1.29 is 4.79 Å². The topological polar surface area (TPSA) is 69.0 Å². The molecule has 1 N–H and O–H groups in total. The third-order valence-corrected chi connectivity index (χ3v) is 6.72. The zero-order valence-corrected chi connectivity index (χ0v) is 17.8. The van der Waals surface area contributed by atoms with E-state index in [-0.39, 0.29) is 5.92 Å². The third-order valence-electron chi connectivity index (χ3n) is 6.72. The molecule has 1 amide bonds. The van der Waals surface area contributed by atoms with Gasteiger partial charge < -0.3 is 10.2 Å². The van der Waals surface area contributed by atoms with E-state index >= 15 is 0 Å². The third kappa shape index (κ3) is 4.34. The van der Waals surface area contributed by atoms with Crippen molar-refractivity contribution in [1.29, 1.82) is 5.26 Å². The van der Waals surface area contributed by atoms with E-state index in [1.807, 2.05) is 12.4 Å². The number of carbonyl (C=O) groups is 1. The van der Waals surface area contributed by atoms with Crippen LogP contribution in [0, 0.1) is 17.2 Å². The van der Waals surface area contributed by atoms with Gasteiger partial charge in [0.15, 0.2) is 0 Å². The lowest BCUT2D eigenvalue weighted by Gasteiger charge is -2.33. The Morgan fingerprint density at radius 1 is 1.23 bits per heavy atom. The molecule has 1 aromatic heterocycles. The molecular weight excluding hydrogens is 384 g/mol. The van der Waals surface area contributed by atoms with Gasteiger partial charge >= 0.3 is 0 Å². The van der Waals surface area contributed by atoms with Crippen molar-refractivity contribution in [2.75, 3.05) is 18.4 Å². The average Bonchev–Trinajstić information content (AvgIpc) is 3.65. The molecule has 0 bridgehead atoms. The van der Waals surface area contributed by atoms with Crippen LogP contribution in [0.25, 0.3) is 10.8 Å². The minimum atomic E-state index is 0.282. The standard InChI is InChI=1S/C26H28N4O/c27-10-6-18-2-1-3-20(14-18)22-15-21-7-11-28-17-24(21)25(16-22)29-23-8-12-30(13-9-23)26(31)19-4-5-19/h1-2,7,11,14-17,19-20,23,29H,3-6,8-9,12-13H2. The predicted octanol–water partition coefficient (Wildman–Crippen LogP) is 4.93. The number of likely N-dealkylation sites (tertiary alicyclic amines) is 1. The number of amides is 1. The van der Waals surface area contributed by atoms with E-state index in [9.17, 15) is 4.79 Å². The maximum absolute atomic E-state index is 12.4. The summed E-state index contributed by atoms with van der Waals surface area (Å²) >= 11 is 0. The maximum Gasteiger partial charge on any atom is 0.225 e. The molecule has 1 unspecified atom stereocenters. The van der Waals surface area contributed by atoms with Gasteiger partial charge in [-0.1, -0.05) is 24.3 Å². The van der Waals surface area contributed by atoms with E-state index in [1.165, 1.54) is 10.9 Å². The number of pyridine rings is 1. The summed E-state index contributed by atoms with van der Waals surface area (Å²) in [6.07, 6.45) is 15.8. The van der Waals surface area contributed by atoms with Gasteiger partial charge in [-0.05, 0) is 60.8 Å². The van der Waals surface area contributed by atoms with Crippen molar-refractivity contribution in [1.82, 2.24) is 9.88 Å². The van der Waals surface area contributed by atoms with Gasteiger partial charge in [-0.2, -0.15) is 5.26 Å². The van der Waals surface area contributed by atoms with Crippen LogP contribution in [-0.2, 0) is 4.79 Å². The van der Waals surface area contributed by atoms with Gasteiger partial charge in [0.05, 0.1) is 12.5 Å². The monoisotopic (exact) mass is 412 g/mol. The average molecular weight is 413 g/mol. The molecule has 1 saturated carbocycles. The molecule has 2 aliphatic carbocycles. The number of rotatable bonds is 5. The van der Waals surface area contributed by atoms with Gasteiger partial charge in [0.1, 0.15) is 0 Å². The fourth-order valence-corrected chi connectivity index (χ4v) is 4.80. The number of allylic oxidation sites excluding steroid dienone is 4. The smallest absolute Gasteiger partial charge is 0.225 e. The lowest BCUT2D eigenvalue weighted by atomic mass is 9.87. The van der Waals surface area contributed by atoms with Crippen LogP contribution >= 0.6 is 0 Å². The van der Waals surface area contributed by atoms with Crippen molar-refractivity contribution in [3.8, 4) is 6.07 Å². The Balaban J connectivity index is 1.36. The van der Waals surface area contributed by atoms with Crippen LogP contribution in [0.3, 0.4) is 0 Å². The normalized spacial score (nSPS) is 21.6. The van der Waals surface area contributed by atoms with E-state index < -0.39 is 0 Å². The molecule has 158 valence electrons. The number of nitrogens with one attached hydrogen (secondary N) is 1. The van der Waals surface area contributed by atoms with Crippen LogP contribution in [0.5, 0.6) is 0 Å². The molecule has 3 aliphatic rings. The number of nitriles is 1. The van der Waals surface area contributed by atoms with E-state index in [4.69, 9.17) is 5.26 Å². The first-order valence-electron chi connectivity index (χ1n) is 11.4. The first-order valence-corrected chi connectivity index (χ1v) is 11.4. The number of hydrogen-bond donors (Lipinski definition) is 1. The number of fused-ring (bicyclic) bond motifs is 1. The largest absolute Gasteiger partial charge is 0.382 e. The van der Waals surface area contributed by atoms with Crippen molar-refractivity contribution in [3.63, 3.8) is 0 Å². The minimum Gasteiger partial charge on any atom is -0.382 e. The fourth-order valence-electron chi connectivity index (χ4n) is 4.80. The molecule has 1 aliphatic heterocycles. The molecule has 2 heterocycles. The molecule has 2 aromatic rings. The highest BCUT2D eigenvalue weighted by molar-refractivity contribution is 5.94. The Hall–Kier alpha value is -3.13. The predicted molar refractivity (Wildman–Crippen MR) is 123 cm³/mol. The second-order valence-corrected chi connectivity index (χ2v) is 9.00. The van der Waals surface area contributed by atoms with Crippen LogP contribution in [0.15, 0.2) is 54.4 Å². The quantitative estimate of drug-likeness (QED) is 0.756. The van der Waals surface area contributed by atoms with Gasteiger partial charge in [0, 0.05) is 54.4 Å². The molecule has 0 radical (unpaired) electrons. The summed E-state index contributed by atoms with van der Waals surface area (Å²) < 4.78 is 0. The van der Waals surface area contributed by atoms with Crippen molar-refractivity contribution >= 4 is 22.4 Å². The maximum atomic E-state index is 12.4. The Morgan fingerprint density at radius 3 is 2.84 bits per heavy atom. The van der Waals surface area contributed by atoms with Crippen LogP contribution in [-0.4, -0.2) is 34.9 Å². The van der Waals surface area contributed by atoms with Gasteiger partial charge in [0.25, 0.3) is 0 Å². The van der Waals surface area contributed by atoms with Crippen molar-refractivity contribution in [2.24, 2.45) is 5.92 Å². The Bertz CT molecular complexity index is 1080. The number of piperidine rings is 1. The molecule has 5 rings (SSSR count). The molecule has 1 saturated heterocycles. The number of carbonyl (C=O) groups excluding carboxylic acids is 1. The lowest BCUT2D eigenvalue weighted by Crippen LogP contribution is -2.43. The summed E-state index contributed by atoms with van der Waals surface area (Å²) in [5.74, 6) is 0.949. The van der Waals surface area contributed by atoms with Crippen molar-refractivity contribution in [2.45, 2.75) is 50.5 Å². The minimum absolute atomic E-state index is 0.282. The van der Waals surface area contributed by atoms with Crippen LogP contribution in [0.1, 0.15) is 50.0 Å². The molecule has 5 nitrogen and oxygen atoms in total. The summed E-state index contributed by atoms with van der Waals surface area (Å²) in [4.78, 5) is 18.8. The highest BCUT2D eigenvalue weighted by atomic mass is 16.2. The van der Waals surface area contributed by atoms with Crippen molar-refractivity contribution in [3.05, 3.63) is 60.0 Å². The molecule has 1 aromatic carbocycles. The van der Waals surface area contributed by atoms with E-state index in [0.29, 0.717) is 24.3 Å². The van der Waals surface area contributed by atoms with Gasteiger partial charge in [-0.15, -0.1) is 0 Å². The number of benzene rings is 1. The molecule has 5 heteroatoms. The SMILES string of the molecule is N#CCC1=CC(c2cc(NC3CCN(C(=O)C4CC4)CC3)c3cnccc3c2)CC=C1. The number of nitrogens with zero attached hydrogens (tertiary/aromatic N) is 3. The summed E-state index contributed by atoms with van der Waals surface area (Å²) in [5, 5.41) is 15.2. The van der Waals surface area contributed by atoms with E-state index in [0.717, 1.165) is 61.8 Å². The highest BCUT2D eigenvalue weighted by Gasteiger charge is 2.35. The first kappa shape index (κ1) is 19.8. The fraction of sp³-hybridized carbons (Fsp3) is 0.423. The van der Waals surface area contributed by atoms with Crippen LogP contribution in [0.2, 0.25) is 0 Å². The number of hydrogen-bond acceptors (Lipinski definition) is 4. The molecule has 1 atom stereocenters. The Morgan fingerprint density at radius 2 is 2.06 bits per heavy atom. The number of anilines is 1. The Kier molecular flexibility index (Phi) is 5.46. The first-order chi connectivity index (χ1) is 15.2. The van der Waals surface area contributed by atoms with E-state index in [1.54, 1.807) is 0 Å². The summed E-state index contributed by atoms with van der Waals surface area (Å²) in [5.41, 5.74) is 3.48. The van der Waals surface area contributed by atoms with Crippen LogP contribution < -0.4 is 5.32 Å². The van der Waals surface area contributed by atoms with Crippen LogP contribution in [0.4, 0.5) is 5.69 Å². The number of aromatic nitrogens is 1. The summed E-state index contributed by atoms with van der Waals surface area (Å²) in [6.45, 7) is 1.69. The summed E-state index contributed by atoms with van der Waals surface area (Å²) in [6, 6.07) is 9.20. The molecule has 31 heavy (non-hydrogen) atoms. The van der Waals surface area contributed by atoms with Gasteiger partial charge in [-0.25, -0.2) is 0 Å². The Labute approximate surface area is 183 Å². The molecule has 0 spiro atoms. The second-order valence-electron chi connectivity index (χ2n) is 9.00.